The SMILES string of the molecule is CN1CC2CCC(C1)N2C.CN1CC2CCC(C1)N2C.CN1CCN(C)CC1.CN1CCN(C)CC1. The van der Waals surface area contributed by atoms with Crippen molar-refractivity contribution in [3.63, 3.8) is 0 Å². The zero-order chi connectivity index (χ0) is 26.2. The largest absolute Gasteiger partial charge is 0.304 e. The average molecular weight is 509 g/mol. The minimum absolute atomic E-state index is 0.865. The van der Waals surface area contributed by atoms with Crippen molar-refractivity contribution in [1.82, 2.24) is 39.2 Å². The molecule has 6 rings (SSSR count). The number of likely N-dealkylation sites (tertiary alicyclic amines) is 2. The number of hydrogen-bond donors (Lipinski definition) is 0. The van der Waals surface area contributed by atoms with E-state index in [0.29, 0.717) is 0 Å². The molecule has 8 heteroatoms. The summed E-state index contributed by atoms with van der Waals surface area (Å²) in [5.41, 5.74) is 0. The normalized spacial score (nSPS) is 35.3. The van der Waals surface area contributed by atoms with Gasteiger partial charge in [0.1, 0.15) is 0 Å². The van der Waals surface area contributed by atoms with Crippen molar-refractivity contribution in [2.75, 3.05) is 135 Å². The lowest BCUT2D eigenvalue weighted by Gasteiger charge is -2.36. The lowest BCUT2D eigenvalue weighted by Crippen LogP contribution is -2.50. The van der Waals surface area contributed by atoms with Crippen molar-refractivity contribution in [2.24, 2.45) is 0 Å². The van der Waals surface area contributed by atoms with Crippen LogP contribution in [-0.2, 0) is 0 Å². The first-order chi connectivity index (χ1) is 17.1. The van der Waals surface area contributed by atoms with Crippen LogP contribution in [0.2, 0.25) is 0 Å². The number of rotatable bonds is 0. The van der Waals surface area contributed by atoms with Crippen molar-refractivity contribution < 1.29 is 0 Å². The maximum atomic E-state index is 2.56. The van der Waals surface area contributed by atoms with E-state index in [2.05, 4.69) is 95.6 Å². The topological polar surface area (TPSA) is 25.9 Å². The molecule has 8 nitrogen and oxygen atoms in total. The van der Waals surface area contributed by atoms with Crippen molar-refractivity contribution in [3.8, 4) is 0 Å². The van der Waals surface area contributed by atoms with Crippen LogP contribution < -0.4 is 0 Å². The first-order valence-electron chi connectivity index (χ1n) is 14.7. The Labute approximate surface area is 224 Å². The van der Waals surface area contributed by atoms with E-state index in [1.165, 1.54) is 104 Å². The van der Waals surface area contributed by atoms with Crippen LogP contribution in [0, 0.1) is 0 Å². The second-order valence-electron chi connectivity index (χ2n) is 12.8. The summed E-state index contributed by atoms with van der Waals surface area (Å²) in [6.07, 6.45) is 5.69. The fourth-order valence-corrected chi connectivity index (χ4v) is 6.46. The number of fused-ring (bicyclic) bond motifs is 4. The summed E-state index contributed by atoms with van der Waals surface area (Å²) in [7, 11) is 17.7. The van der Waals surface area contributed by atoms with Crippen LogP contribution in [0.15, 0.2) is 0 Å². The molecule has 6 aliphatic heterocycles. The summed E-state index contributed by atoms with van der Waals surface area (Å²) in [5.74, 6) is 0. The second-order valence-corrected chi connectivity index (χ2v) is 12.8. The maximum absolute atomic E-state index is 2.56. The zero-order valence-corrected chi connectivity index (χ0v) is 25.2. The molecular formula is C28H60N8. The van der Waals surface area contributed by atoms with E-state index in [1.807, 2.05) is 0 Å². The van der Waals surface area contributed by atoms with E-state index >= 15 is 0 Å². The molecule has 0 spiro atoms. The molecule has 4 atom stereocenters. The highest BCUT2D eigenvalue weighted by Gasteiger charge is 2.36. The van der Waals surface area contributed by atoms with Gasteiger partial charge >= 0.3 is 0 Å². The van der Waals surface area contributed by atoms with Crippen LogP contribution in [0.3, 0.4) is 0 Å². The van der Waals surface area contributed by atoms with Crippen LogP contribution in [-0.4, -0.2) is 198 Å². The molecule has 6 fully saturated rings. The van der Waals surface area contributed by atoms with Crippen LogP contribution in [0.1, 0.15) is 25.7 Å². The van der Waals surface area contributed by atoms with Crippen molar-refractivity contribution in [3.05, 3.63) is 0 Å². The molecule has 0 saturated carbocycles. The van der Waals surface area contributed by atoms with E-state index in [4.69, 9.17) is 0 Å². The minimum atomic E-state index is 0.865. The molecule has 4 unspecified atom stereocenters. The Balaban J connectivity index is 0.000000135. The predicted octanol–water partition coefficient (Wildman–Crippen LogP) is 0.516. The molecule has 0 aromatic rings. The molecule has 6 saturated heterocycles. The van der Waals surface area contributed by atoms with Gasteiger partial charge in [-0.15, -0.1) is 0 Å². The summed E-state index contributed by atoms with van der Waals surface area (Å²) in [5, 5.41) is 0. The minimum Gasteiger partial charge on any atom is -0.304 e. The first-order valence-corrected chi connectivity index (χ1v) is 14.7. The molecule has 0 aliphatic carbocycles. The van der Waals surface area contributed by atoms with Gasteiger partial charge in [-0.3, -0.25) is 9.80 Å². The number of nitrogens with zero attached hydrogens (tertiary/aromatic N) is 8. The number of piperazine rings is 4. The first kappa shape index (κ1) is 30.2. The van der Waals surface area contributed by atoms with Gasteiger partial charge in [0.2, 0.25) is 0 Å². The van der Waals surface area contributed by atoms with Gasteiger partial charge in [0.05, 0.1) is 0 Å². The standard InChI is InChI=1S/2C8H16N2.2C6H14N2/c2*1-9-5-7-3-4-8(6-9)10(7)2;2*1-7-3-5-8(2)6-4-7/h2*7-8H,3-6H2,1-2H3;2*3-6H2,1-2H3. The van der Waals surface area contributed by atoms with Gasteiger partial charge in [0.15, 0.2) is 0 Å². The Morgan fingerprint density at radius 3 is 0.694 bits per heavy atom. The maximum Gasteiger partial charge on any atom is 0.0224 e. The van der Waals surface area contributed by atoms with Gasteiger partial charge in [-0.2, -0.15) is 0 Å². The van der Waals surface area contributed by atoms with Crippen LogP contribution in [0.4, 0.5) is 0 Å². The third kappa shape index (κ3) is 9.45. The Bertz CT molecular complexity index is 504. The zero-order valence-electron chi connectivity index (χ0n) is 25.2. The molecule has 6 heterocycles. The van der Waals surface area contributed by atoms with E-state index in [0.717, 1.165) is 24.2 Å². The van der Waals surface area contributed by atoms with E-state index < -0.39 is 0 Å². The summed E-state index contributed by atoms with van der Waals surface area (Å²) in [4.78, 5) is 19.5. The fourth-order valence-electron chi connectivity index (χ4n) is 6.46. The highest BCUT2D eigenvalue weighted by molar-refractivity contribution is 4.93. The van der Waals surface area contributed by atoms with E-state index in [1.54, 1.807) is 0 Å². The Hall–Kier alpha value is -0.320. The summed E-state index contributed by atoms with van der Waals surface area (Å²) in [6, 6.07) is 3.46. The highest BCUT2D eigenvalue weighted by Crippen LogP contribution is 2.28. The third-order valence-corrected chi connectivity index (χ3v) is 9.51. The van der Waals surface area contributed by atoms with Gasteiger partial charge in [-0.1, -0.05) is 0 Å². The second kappa shape index (κ2) is 14.7. The van der Waals surface area contributed by atoms with Gasteiger partial charge in [0.25, 0.3) is 0 Å². The van der Waals surface area contributed by atoms with E-state index in [-0.39, 0.29) is 0 Å². The molecule has 0 radical (unpaired) electrons. The quantitative estimate of drug-likeness (QED) is 0.467. The highest BCUT2D eigenvalue weighted by atomic mass is 15.3. The predicted molar refractivity (Wildman–Crippen MR) is 154 cm³/mol. The van der Waals surface area contributed by atoms with Crippen molar-refractivity contribution >= 4 is 0 Å². The smallest absolute Gasteiger partial charge is 0.0224 e. The average Bonchev–Trinajstić information content (AvgIpc) is 3.17. The number of likely N-dealkylation sites (N-methyl/N-ethyl adjacent to an activating group) is 8. The molecule has 4 bridgehead atoms. The molecule has 6 aliphatic rings. The summed E-state index contributed by atoms with van der Waals surface area (Å²) < 4.78 is 0. The van der Waals surface area contributed by atoms with Crippen molar-refractivity contribution in [2.45, 2.75) is 49.9 Å². The van der Waals surface area contributed by atoms with Crippen molar-refractivity contribution in [1.29, 1.82) is 0 Å². The van der Waals surface area contributed by atoms with Gasteiger partial charge in [-0.25, -0.2) is 0 Å². The molecular weight excluding hydrogens is 448 g/mol. The molecule has 36 heavy (non-hydrogen) atoms. The Morgan fingerprint density at radius 2 is 0.500 bits per heavy atom. The molecule has 0 amide bonds. The molecule has 0 N–H and O–H groups in total. The molecule has 0 aromatic heterocycles. The van der Waals surface area contributed by atoms with Gasteiger partial charge in [0, 0.05) is 103 Å². The summed E-state index contributed by atoms with van der Waals surface area (Å²) >= 11 is 0. The lowest BCUT2D eigenvalue weighted by molar-refractivity contribution is 0.107. The molecule has 212 valence electrons. The van der Waals surface area contributed by atoms with Gasteiger partial charge < -0.3 is 29.4 Å². The Morgan fingerprint density at radius 1 is 0.306 bits per heavy atom. The Kier molecular flexibility index (Phi) is 12.4. The van der Waals surface area contributed by atoms with E-state index in [9.17, 15) is 0 Å². The lowest BCUT2D eigenvalue weighted by atomic mass is 10.2. The number of hydrogen-bond acceptors (Lipinski definition) is 8. The van der Waals surface area contributed by atoms with Crippen LogP contribution in [0.25, 0.3) is 0 Å². The fraction of sp³-hybridized carbons (Fsp3) is 1.00. The molecule has 0 aromatic carbocycles. The van der Waals surface area contributed by atoms with Gasteiger partial charge in [-0.05, 0) is 82.1 Å². The summed E-state index contributed by atoms with van der Waals surface area (Å²) in [6.45, 7) is 15.0. The monoisotopic (exact) mass is 508 g/mol. The third-order valence-electron chi connectivity index (χ3n) is 9.51. The van der Waals surface area contributed by atoms with Crippen LogP contribution in [0.5, 0.6) is 0 Å². The van der Waals surface area contributed by atoms with Crippen LogP contribution >= 0.6 is 0 Å².